The van der Waals surface area contributed by atoms with Gasteiger partial charge in [-0.2, -0.15) is 0 Å². The quantitative estimate of drug-likeness (QED) is 0.742. The summed E-state index contributed by atoms with van der Waals surface area (Å²) in [4.78, 5) is 38.6. The van der Waals surface area contributed by atoms with Crippen molar-refractivity contribution in [1.82, 2.24) is 10.2 Å². The molecule has 0 bridgehead atoms. The Morgan fingerprint density at radius 1 is 1.33 bits per heavy atom. The monoisotopic (exact) mass is 376 g/mol. The molecular formula is C20H25FN2O4. The normalized spacial score (nSPS) is 17.1. The van der Waals surface area contributed by atoms with Crippen LogP contribution < -0.4 is 5.32 Å². The summed E-state index contributed by atoms with van der Waals surface area (Å²) >= 11 is 0. The van der Waals surface area contributed by atoms with Gasteiger partial charge in [0, 0.05) is 24.6 Å². The molecule has 0 spiro atoms. The SMILES string of the molecule is CCCNC(=O)CN1C(=O)C[C@@H](c2cccc(F)c2)C(C(=O)OCC)=C1C. The van der Waals surface area contributed by atoms with Gasteiger partial charge in [0.25, 0.3) is 0 Å². The van der Waals surface area contributed by atoms with Gasteiger partial charge in [0.15, 0.2) is 0 Å². The van der Waals surface area contributed by atoms with Crippen molar-refractivity contribution in [2.75, 3.05) is 19.7 Å². The van der Waals surface area contributed by atoms with Gasteiger partial charge in [0.2, 0.25) is 11.8 Å². The first kappa shape index (κ1) is 20.6. The number of halogens is 1. The molecule has 0 saturated carbocycles. The summed E-state index contributed by atoms with van der Waals surface area (Å²) in [5.74, 6) is -2.20. The summed E-state index contributed by atoms with van der Waals surface area (Å²) in [6.07, 6.45) is 0.750. The predicted molar refractivity (Wildman–Crippen MR) is 98.1 cm³/mol. The van der Waals surface area contributed by atoms with E-state index in [1.54, 1.807) is 19.9 Å². The Bertz CT molecular complexity index is 760. The maximum absolute atomic E-state index is 13.7. The number of rotatable bonds is 7. The number of nitrogens with zero attached hydrogens (tertiary/aromatic N) is 1. The number of hydrogen-bond donors (Lipinski definition) is 1. The van der Waals surface area contributed by atoms with Crippen LogP contribution in [0.5, 0.6) is 0 Å². The lowest BCUT2D eigenvalue weighted by Gasteiger charge is -2.34. The van der Waals surface area contributed by atoms with Crippen LogP contribution in [-0.4, -0.2) is 42.4 Å². The van der Waals surface area contributed by atoms with Gasteiger partial charge in [-0.1, -0.05) is 19.1 Å². The van der Waals surface area contributed by atoms with Gasteiger partial charge in [-0.3, -0.25) is 9.59 Å². The highest BCUT2D eigenvalue weighted by Gasteiger charge is 2.37. The minimum Gasteiger partial charge on any atom is -0.463 e. The molecule has 0 aromatic heterocycles. The number of benzene rings is 1. The van der Waals surface area contributed by atoms with E-state index in [9.17, 15) is 18.8 Å². The van der Waals surface area contributed by atoms with Crippen LogP contribution in [0.1, 0.15) is 45.1 Å². The van der Waals surface area contributed by atoms with Crippen molar-refractivity contribution in [3.63, 3.8) is 0 Å². The van der Waals surface area contributed by atoms with Crippen LogP contribution >= 0.6 is 0 Å². The molecule has 0 radical (unpaired) electrons. The first-order chi connectivity index (χ1) is 12.9. The zero-order valence-electron chi connectivity index (χ0n) is 15.9. The van der Waals surface area contributed by atoms with Crippen molar-refractivity contribution < 1.29 is 23.5 Å². The Morgan fingerprint density at radius 3 is 2.70 bits per heavy atom. The molecule has 1 aromatic rings. The van der Waals surface area contributed by atoms with Crippen molar-refractivity contribution in [3.05, 3.63) is 46.9 Å². The number of ether oxygens (including phenoxy) is 1. The number of amides is 2. The van der Waals surface area contributed by atoms with Gasteiger partial charge in [-0.25, -0.2) is 9.18 Å². The van der Waals surface area contributed by atoms with E-state index >= 15 is 0 Å². The average molecular weight is 376 g/mol. The first-order valence-corrected chi connectivity index (χ1v) is 9.09. The minimum atomic E-state index is -0.609. The maximum Gasteiger partial charge on any atom is 0.336 e. The third kappa shape index (κ3) is 4.93. The van der Waals surface area contributed by atoms with Crippen molar-refractivity contribution in [1.29, 1.82) is 0 Å². The molecule has 1 N–H and O–H groups in total. The smallest absolute Gasteiger partial charge is 0.336 e. The summed E-state index contributed by atoms with van der Waals surface area (Å²) in [5, 5.41) is 2.72. The fourth-order valence-electron chi connectivity index (χ4n) is 3.15. The number of carbonyl (C=O) groups is 3. The lowest BCUT2D eigenvalue weighted by atomic mass is 9.83. The summed E-state index contributed by atoms with van der Waals surface area (Å²) in [6.45, 7) is 5.76. The molecule has 7 heteroatoms. The number of hydrogen-bond acceptors (Lipinski definition) is 4. The topological polar surface area (TPSA) is 75.7 Å². The minimum absolute atomic E-state index is 0.0317. The largest absolute Gasteiger partial charge is 0.463 e. The molecule has 2 rings (SSSR count). The molecule has 0 fully saturated rings. The van der Waals surface area contributed by atoms with E-state index < -0.39 is 17.7 Å². The fraction of sp³-hybridized carbons (Fsp3) is 0.450. The molecule has 6 nitrogen and oxygen atoms in total. The second-order valence-electron chi connectivity index (χ2n) is 6.36. The van der Waals surface area contributed by atoms with Crippen molar-refractivity contribution >= 4 is 17.8 Å². The van der Waals surface area contributed by atoms with Crippen molar-refractivity contribution in [2.24, 2.45) is 0 Å². The van der Waals surface area contributed by atoms with E-state index in [2.05, 4.69) is 5.32 Å². The second kappa shape index (κ2) is 9.30. The third-order valence-electron chi connectivity index (χ3n) is 4.44. The molecule has 0 aliphatic carbocycles. The van der Waals surface area contributed by atoms with Gasteiger partial charge < -0.3 is 15.0 Å². The lowest BCUT2D eigenvalue weighted by Crippen LogP contribution is -2.44. The zero-order valence-corrected chi connectivity index (χ0v) is 15.9. The van der Waals surface area contributed by atoms with Crippen LogP contribution in [0.2, 0.25) is 0 Å². The molecule has 1 heterocycles. The van der Waals surface area contributed by atoms with E-state index in [0.717, 1.165) is 6.42 Å². The van der Waals surface area contributed by atoms with Gasteiger partial charge in [0.1, 0.15) is 12.4 Å². The van der Waals surface area contributed by atoms with E-state index in [0.29, 0.717) is 17.8 Å². The van der Waals surface area contributed by atoms with E-state index in [-0.39, 0.29) is 37.0 Å². The Labute approximate surface area is 158 Å². The van der Waals surface area contributed by atoms with Gasteiger partial charge >= 0.3 is 5.97 Å². The molecule has 0 unspecified atom stereocenters. The van der Waals surface area contributed by atoms with Gasteiger partial charge in [0.05, 0.1) is 12.2 Å². The molecular weight excluding hydrogens is 351 g/mol. The highest BCUT2D eigenvalue weighted by Crippen LogP contribution is 2.37. The maximum atomic E-state index is 13.7. The molecule has 1 aliphatic rings. The number of nitrogens with one attached hydrogen (secondary N) is 1. The van der Waals surface area contributed by atoms with Gasteiger partial charge in [-0.15, -0.1) is 0 Å². The Balaban J connectivity index is 2.41. The first-order valence-electron chi connectivity index (χ1n) is 9.09. The van der Waals surface area contributed by atoms with Crippen molar-refractivity contribution in [3.8, 4) is 0 Å². The van der Waals surface area contributed by atoms with Crippen LogP contribution in [0.3, 0.4) is 0 Å². The fourth-order valence-corrected chi connectivity index (χ4v) is 3.15. The van der Waals surface area contributed by atoms with Crippen LogP contribution in [0, 0.1) is 5.82 Å². The summed E-state index contributed by atoms with van der Waals surface area (Å²) in [6, 6.07) is 5.84. The third-order valence-corrected chi connectivity index (χ3v) is 4.44. The average Bonchev–Trinajstić information content (AvgIpc) is 2.63. The standard InChI is InChI=1S/C20H25FN2O4/c1-4-9-22-17(24)12-23-13(3)19(20(26)27-5-2)16(11-18(23)25)14-7-6-8-15(21)10-14/h6-8,10,16H,4-5,9,11-12H2,1-3H3,(H,22,24)/t16-/m0/s1. The van der Waals surface area contributed by atoms with E-state index in [4.69, 9.17) is 4.74 Å². The number of carbonyl (C=O) groups excluding carboxylic acids is 3. The Hall–Kier alpha value is -2.70. The summed E-state index contributed by atoms with van der Waals surface area (Å²) in [7, 11) is 0. The zero-order chi connectivity index (χ0) is 20.0. The van der Waals surface area contributed by atoms with Crippen LogP contribution in [0.25, 0.3) is 0 Å². The molecule has 1 aromatic carbocycles. The lowest BCUT2D eigenvalue weighted by molar-refractivity contribution is -0.141. The summed E-state index contributed by atoms with van der Waals surface area (Å²) in [5.41, 5.74) is 1.18. The van der Waals surface area contributed by atoms with E-state index in [1.165, 1.54) is 23.1 Å². The highest BCUT2D eigenvalue weighted by molar-refractivity contribution is 5.97. The molecule has 27 heavy (non-hydrogen) atoms. The second-order valence-corrected chi connectivity index (χ2v) is 6.36. The van der Waals surface area contributed by atoms with Crippen LogP contribution in [0.4, 0.5) is 4.39 Å². The number of esters is 1. The van der Waals surface area contributed by atoms with Crippen LogP contribution in [0.15, 0.2) is 35.5 Å². The van der Waals surface area contributed by atoms with Crippen molar-refractivity contribution in [2.45, 2.75) is 39.5 Å². The molecule has 0 saturated heterocycles. The molecule has 2 amide bonds. The molecule has 146 valence electrons. The highest BCUT2D eigenvalue weighted by atomic mass is 19.1. The summed E-state index contributed by atoms with van der Waals surface area (Å²) < 4.78 is 18.8. The Kier molecular flexibility index (Phi) is 7.10. The predicted octanol–water partition coefficient (Wildman–Crippen LogP) is 2.50. The molecule has 1 atom stereocenters. The van der Waals surface area contributed by atoms with Crippen LogP contribution in [-0.2, 0) is 19.1 Å². The molecule has 1 aliphatic heterocycles. The Morgan fingerprint density at radius 2 is 2.07 bits per heavy atom. The van der Waals surface area contributed by atoms with Gasteiger partial charge in [-0.05, 0) is 38.0 Å². The number of allylic oxidation sites excluding steroid dienone is 1. The van der Waals surface area contributed by atoms with E-state index in [1.807, 2.05) is 6.92 Å².